The summed E-state index contributed by atoms with van der Waals surface area (Å²) in [5.41, 5.74) is 2.23. The second kappa shape index (κ2) is 11.1. The molecule has 38 heavy (non-hydrogen) atoms. The topological polar surface area (TPSA) is 60.9 Å². The highest BCUT2D eigenvalue weighted by Crippen LogP contribution is 2.43. The van der Waals surface area contributed by atoms with Gasteiger partial charge in [-0.2, -0.15) is 0 Å². The predicted molar refractivity (Wildman–Crippen MR) is 152 cm³/mol. The Bertz CT molecular complexity index is 1200. The smallest absolute Gasteiger partial charge is 0.229 e. The van der Waals surface area contributed by atoms with Gasteiger partial charge < -0.3 is 14.7 Å². The molecule has 2 atom stereocenters. The SMILES string of the molecule is CC(C)CN1CC(CN2CCC3(CC2)CCN(Cc2ccc(S(C)(=O)=O)cc2)C3=O)C(c2ccccc2)C1. The van der Waals surface area contributed by atoms with Gasteiger partial charge in [-0.15, -0.1) is 0 Å². The van der Waals surface area contributed by atoms with Crippen LogP contribution in [0.5, 0.6) is 0 Å². The van der Waals surface area contributed by atoms with Crippen molar-refractivity contribution in [3.63, 3.8) is 0 Å². The van der Waals surface area contributed by atoms with Crippen molar-refractivity contribution in [2.45, 2.75) is 50.5 Å². The molecule has 1 amide bonds. The van der Waals surface area contributed by atoms with Gasteiger partial charge >= 0.3 is 0 Å². The summed E-state index contributed by atoms with van der Waals surface area (Å²) in [7, 11) is -3.21. The molecule has 206 valence electrons. The number of rotatable bonds is 8. The lowest BCUT2D eigenvalue weighted by atomic mass is 9.76. The minimum atomic E-state index is -3.21. The zero-order chi connectivity index (χ0) is 26.9. The molecular formula is C31H43N3O3S. The second-order valence-electron chi connectivity index (χ2n) is 12.4. The second-order valence-corrected chi connectivity index (χ2v) is 14.4. The molecule has 6 nitrogen and oxygen atoms in total. The van der Waals surface area contributed by atoms with Crippen molar-refractivity contribution in [2.75, 3.05) is 52.1 Å². The van der Waals surface area contributed by atoms with Gasteiger partial charge in [0.2, 0.25) is 5.91 Å². The maximum absolute atomic E-state index is 13.6. The van der Waals surface area contributed by atoms with Crippen LogP contribution in [0.15, 0.2) is 59.5 Å². The number of hydrogen-bond acceptors (Lipinski definition) is 5. The molecule has 0 aromatic heterocycles. The molecule has 3 heterocycles. The fourth-order valence-corrected chi connectivity index (χ4v) is 7.58. The van der Waals surface area contributed by atoms with Crippen molar-refractivity contribution in [3.05, 3.63) is 65.7 Å². The van der Waals surface area contributed by atoms with E-state index in [-0.39, 0.29) is 11.3 Å². The molecule has 2 aromatic rings. The van der Waals surface area contributed by atoms with E-state index in [1.165, 1.54) is 11.8 Å². The number of piperidine rings is 1. The average Bonchev–Trinajstić information content (AvgIpc) is 3.41. The van der Waals surface area contributed by atoms with Crippen LogP contribution in [0.1, 0.15) is 50.2 Å². The molecule has 3 aliphatic heterocycles. The van der Waals surface area contributed by atoms with E-state index < -0.39 is 9.84 Å². The monoisotopic (exact) mass is 537 g/mol. The van der Waals surface area contributed by atoms with Crippen molar-refractivity contribution >= 4 is 15.7 Å². The summed E-state index contributed by atoms with van der Waals surface area (Å²) in [5, 5.41) is 0. The Morgan fingerprint density at radius 1 is 0.895 bits per heavy atom. The number of benzene rings is 2. The Kier molecular flexibility index (Phi) is 7.99. The van der Waals surface area contributed by atoms with Gasteiger partial charge in [0.05, 0.1) is 10.3 Å². The fourth-order valence-electron chi connectivity index (χ4n) is 6.95. The van der Waals surface area contributed by atoms with Gasteiger partial charge in [-0.3, -0.25) is 4.79 Å². The van der Waals surface area contributed by atoms with Crippen molar-refractivity contribution in [3.8, 4) is 0 Å². The maximum atomic E-state index is 13.6. The van der Waals surface area contributed by atoms with E-state index in [4.69, 9.17) is 0 Å². The lowest BCUT2D eigenvalue weighted by Gasteiger charge is -2.39. The summed E-state index contributed by atoms with van der Waals surface area (Å²) < 4.78 is 23.5. The molecule has 2 aromatic carbocycles. The molecule has 2 unspecified atom stereocenters. The number of amides is 1. The third kappa shape index (κ3) is 6.00. The zero-order valence-electron chi connectivity index (χ0n) is 23.2. The zero-order valence-corrected chi connectivity index (χ0v) is 24.0. The number of likely N-dealkylation sites (tertiary alicyclic amines) is 3. The number of carbonyl (C=O) groups is 1. The standard InChI is InChI=1S/C31H43N3O3S/c1-24(2)19-33-22-27(29(23-33)26-7-5-4-6-8-26)21-32-16-13-31(14-17-32)15-18-34(30(31)35)20-25-9-11-28(12-10-25)38(3,36)37/h4-12,24,27,29H,13-23H2,1-3H3. The van der Waals surface area contributed by atoms with E-state index in [0.29, 0.717) is 29.2 Å². The summed E-state index contributed by atoms with van der Waals surface area (Å²) >= 11 is 0. The first-order chi connectivity index (χ1) is 18.1. The molecular weight excluding hydrogens is 494 g/mol. The first-order valence-electron chi connectivity index (χ1n) is 14.2. The molecule has 3 saturated heterocycles. The first-order valence-corrected chi connectivity index (χ1v) is 16.1. The van der Waals surface area contributed by atoms with Crippen LogP contribution in [-0.4, -0.2) is 81.1 Å². The van der Waals surface area contributed by atoms with Gasteiger partial charge in [0.25, 0.3) is 0 Å². The van der Waals surface area contributed by atoms with E-state index in [2.05, 4.69) is 54.0 Å². The normalized spacial score (nSPS) is 24.6. The van der Waals surface area contributed by atoms with Crippen LogP contribution < -0.4 is 0 Å². The largest absolute Gasteiger partial charge is 0.338 e. The fraction of sp³-hybridized carbons (Fsp3) is 0.581. The van der Waals surface area contributed by atoms with Gasteiger partial charge in [-0.1, -0.05) is 56.3 Å². The predicted octanol–water partition coefficient (Wildman–Crippen LogP) is 4.28. The summed E-state index contributed by atoms with van der Waals surface area (Å²) in [6.07, 6.45) is 4.03. The van der Waals surface area contributed by atoms with E-state index in [0.717, 1.165) is 70.6 Å². The van der Waals surface area contributed by atoms with Crippen LogP contribution in [0, 0.1) is 17.3 Å². The molecule has 0 radical (unpaired) electrons. The minimum absolute atomic E-state index is 0.221. The molecule has 3 aliphatic rings. The minimum Gasteiger partial charge on any atom is -0.338 e. The quantitative estimate of drug-likeness (QED) is 0.503. The Labute approximate surface area is 228 Å². The Balaban J connectivity index is 1.18. The summed E-state index contributed by atoms with van der Waals surface area (Å²) in [5.74, 6) is 2.16. The molecule has 1 spiro atoms. The van der Waals surface area contributed by atoms with Crippen LogP contribution in [0.4, 0.5) is 0 Å². The van der Waals surface area contributed by atoms with Crippen molar-refractivity contribution in [1.29, 1.82) is 0 Å². The van der Waals surface area contributed by atoms with E-state index in [1.54, 1.807) is 12.1 Å². The van der Waals surface area contributed by atoms with Crippen molar-refractivity contribution in [1.82, 2.24) is 14.7 Å². The highest BCUT2D eigenvalue weighted by Gasteiger charge is 2.48. The Hall–Kier alpha value is -2.22. The highest BCUT2D eigenvalue weighted by atomic mass is 32.2. The van der Waals surface area contributed by atoms with Crippen LogP contribution in [0.2, 0.25) is 0 Å². The van der Waals surface area contributed by atoms with E-state index in [9.17, 15) is 13.2 Å². The number of nitrogens with zero attached hydrogens (tertiary/aromatic N) is 3. The summed E-state index contributed by atoms with van der Waals surface area (Å²) in [6.45, 7) is 12.5. The lowest BCUT2D eigenvalue weighted by molar-refractivity contribution is -0.139. The van der Waals surface area contributed by atoms with Crippen molar-refractivity contribution in [2.24, 2.45) is 17.3 Å². The van der Waals surface area contributed by atoms with Gasteiger partial charge in [0.1, 0.15) is 0 Å². The molecule has 3 fully saturated rings. The Morgan fingerprint density at radius 2 is 1.55 bits per heavy atom. The average molecular weight is 538 g/mol. The number of carbonyl (C=O) groups excluding carboxylic acids is 1. The van der Waals surface area contributed by atoms with Crippen molar-refractivity contribution < 1.29 is 13.2 Å². The van der Waals surface area contributed by atoms with Crippen LogP contribution >= 0.6 is 0 Å². The maximum Gasteiger partial charge on any atom is 0.229 e. The van der Waals surface area contributed by atoms with Gasteiger partial charge in [-0.05, 0) is 67.4 Å². The van der Waals surface area contributed by atoms with Gasteiger partial charge in [0, 0.05) is 51.4 Å². The molecule has 7 heteroatoms. The number of sulfone groups is 1. The van der Waals surface area contributed by atoms with Gasteiger partial charge in [-0.25, -0.2) is 8.42 Å². The summed E-state index contributed by atoms with van der Waals surface area (Å²) in [4.78, 5) is 21.1. The molecule has 5 rings (SSSR count). The molecule has 0 saturated carbocycles. The first kappa shape index (κ1) is 27.4. The highest BCUT2D eigenvalue weighted by molar-refractivity contribution is 7.90. The molecule has 0 N–H and O–H groups in total. The van der Waals surface area contributed by atoms with Crippen LogP contribution in [0.3, 0.4) is 0 Å². The number of hydrogen-bond donors (Lipinski definition) is 0. The Morgan fingerprint density at radius 3 is 2.18 bits per heavy atom. The molecule has 0 bridgehead atoms. The van der Waals surface area contributed by atoms with Crippen LogP contribution in [-0.2, 0) is 21.2 Å². The van der Waals surface area contributed by atoms with E-state index in [1.807, 2.05) is 17.0 Å². The van der Waals surface area contributed by atoms with Gasteiger partial charge in [0.15, 0.2) is 9.84 Å². The lowest BCUT2D eigenvalue weighted by Crippen LogP contribution is -2.46. The third-order valence-corrected chi connectivity index (χ3v) is 10.1. The van der Waals surface area contributed by atoms with E-state index >= 15 is 0 Å². The third-order valence-electron chi connectivity index (χ3n) is 9.00. The van der Waals surface area contributed by atoms with Crippen LogP contribution in [0.25, 0.3) is 0 Å². The summed E-state index contributed by atoms with van der Waals surface area (Å²) in [6, 6.07) is 18.0. The molecule has 0 aliphatic carbocycles.